The molecule has 2 aliphatic rings. The van der Waals surface area contributed by atoms with Crippen LogP contribution in [0.4, 0.5) is 15.1 Å². The van der Waals surface area contributed by atoms with Gasteiger partial charge >= 0.3 is 0 Å². The Morgan fingerprint density at radius 3 is 2.48 bits per heavy atom. The Balaban J connectivity index is 1.75. The van der Waals surface area contributed by atoms with E-state index in [1.54, 1.807) is 21.9 Å². The Labute approximate surface area is 209 Å². The fraction of sp³-hybridized carbons (Fsp3) is 0.435. The maximum atomic E-state index is 14.6. The van der Waals surface area contributed by atoms with Crippen LogP contribution in [-0.2, 0) is 11.2 Å². The molecule has 0 aliphatic carbocycles. The van der Waals surface area contributed by atoms with Gasteiger partial charge in [0.2, 0.25) is 5.91 Å². The molecule has 1 aromatic heterocycles. The number of nitrogens with one attached hydrogen (secondary N) is 2. The van der Waals surface area contributed by atoms with E-state index in [2.05, 4.69) is 10.6 Å². The highest BCUT2D eigenvalue weighted by molar-refractivity contribution is 14.1. The average molecular weight is 584 g/mol. The highest BCUT2D eigenvalue weighted by Gasteiger charge is 2.36. The summed E-state index contributed by atoms with van der Waals surface area (Å²) in [5, 5.41) is 6.50. The van der Waals surface area contributed by atoms with Gasteiger partial charge in [0.25, 0.3) is 11.8 Å². The lowest BCUT2D eigenvalue weighted by Crippen LogP contribution is -2.50. The molecule has 1 aromatic carbocycles. The normalized spacial score (nSPS) is 17.8. The topological polar surface area (TPSA) is 81.8 Å². The molecule has 0 spiro atoms. The number of fused-ring (bicyclic) bond motifs is 1. The Bertz CT molecular complexity index is 1130. The van der Waals surface area contributed by atoms with E-state index in [0.29, 0.717) is 60.1 Å². The van der Waals surface area contributed by atoms with E-state index < -0.39 is 5.82 Å². The first-order chi connectivity index (χ1) is 15.6. The molecule has 0 atom stereocenters. The van der Waals surface area contributed by atoms with Crippen molar-refractivity contribution in [1.82, 2.24) is 15.1 Å². The third-order valence-corrected chi connectivity index (χ3v) is 7.82. The van der Waals surface area contributed by atoms with Crippen LogP contribution < -0.4 is 10.6 Å². The van der Waals surface area contributed by atoms with Crippen molar-refractivity contribution in [2.24, 2.45) is 5.41 Å². The maximum absolute atomic E-state index is 14.6. The van der Waals surface area contributed by atoms with Crippen LogP contribution in [-0.4, -0.2) is 60.2 Å². The summed E-state index contributed by atoms with van der Waals surface area (Å²) in [6.45, 7) is 7.88. The largest absolute Gasteiger partial charge is 0.351 e. The van der Waals surface area contributed by atoms with Gasteiger partial charge in [0.05, 0.1) is 16.1 Å². The second-order valence-electron chi connectivity index (χ2n) is 9.18. The number of hydrogen-bond acceptors (Lipinski definition) is 5. The van der Waals surface area contributed by atoms with Crippen molar-refractivity contribution >= 4 is 62.3 Å². The molecular formula is C23H26FIN4O3S. The molecule has 1 fully saturated rings. The summed E-state index contributed by atoms with van der Waals surface area (Å²) >= 11 is 3.23. The van der Waals surface area contributed by atoms with E-state index in [0.717, 1.165) is 3.57 Å². The molecule has 3 heterocycles. The standard InChI is InChI=1S/C23H26FIN4O3S/c1-13(30)28-6-8-29(9-7-28)22(32)18-15-11-23(2,3)12-26-20(31)19(15)33-21(18)27-17-5-4-14(25)10-16(17)24/h4-5,10,27H,6-9,11-12H2,1-3H3,(H,26,31). The lowest BCUT2D eigenvalue weighted by atomic mass is 9.85. The second kappa shape index (κ2) is 9.21. The zero-order valence-corrected chi connectivity index (χ0v) is 21.7. The molecule has 1 saturated heterocycles. The van der Waals surface area contributed by atoms with Gasteiger partial charge in [0.1, 0.15) is 10.8 Å². The number of nitrogens with zero attached hydrogens (tertiary/aromatic N) is 2. The Kier molecular flexibility index (Phi) is 6.68. The van der Waals surface area contributed by atoms with Crippen LogP contribution in [0.5, 0.6) is 0 Å². The number of benzene rings is 1. The van der Waals surface area contributed by atoms with Gasteiger partial charge in [-0.2, -0.15) is 0 Å². The number of carbonyl (C=O) groups excluding carboxylic acids is 3. The van der Waals surface area contributed by atoms with Crippen molar-refractivity contribution in [1.29, 1.82) is 0 Å². The van der Waals surface area contributed by atoms with Crippen molar-refractivity contribution in [3.05, 3.63) is 43.6 Å². The fourth-order valence-electron chi connectivity index (χ4n) is 4.17. The number of anilines is 2. The summed E-state index contributed by atoms with van der Waals surface area (Å²) in [6, 6.07) is 4.83. The number of piperazine rings is 1. The molecular weight excluding hydrogens is 558 g/mol. The van der Waals surface area contributed by atoms with Crippen molar-refractivity contribution in [2.75, 3.05) is 38.0 Å². The molecule has 3 amide bonds. The van der Waals surface area contributed by atoms with Gasteiger partial charge in [-0.25, -0.2) is 4.39 Å². The summed E-state index contributed by atoms with van der Waals surface area (Å²) < 4.78 is 15.4. The Morgan fingerprint density at radius 1 is 1.18 bits per heavy atom. The molecule has 2 aromatic rings. The average Bonchev–Trinajstić information content (AvgIpc) is 3.05. The van der Waals surface area contributed by atoms with Gasteiger partial charge in [-0.15, -0.1) is 11.3 Å². The van der Waals surface area contributed by atoms with E-state index in [4.69, 9.17) is 0 Å². The van der Waals surface area contributed by atoms with Crippen LogP contribution in [0.1, 0.15) is 46.4 Å². The first-order valence-electron chi connectivity index (χ1n) is 10.8. The van der Waals surface area contributed by atoms with Crippen LogP contribution in [0.25, 0.3) is 0 Å². The van der Waals surface area contributed by atoms with Crippen LogP contribution in [0.3, 0.4) is 0 Å². The minimum absolute atomic E-state index is 0.0125. The molecule has 2 aliphatic heterocycles. The molecule has 10 heteroatoms. The number of rotatable bonds is 3. The highest BCUT2D eigenvalue weighted by Crippen LogP contribution is 2.41. The quantitative estimate of drug-likeness (QED) is 0.538. The van der Waals surface area contributed by atoms with E-state index in [1.165, 1.54) is 24.3 Å². The van der Waals surface area contributed by atoms with Crippen LogP contribution in [0.2, 0.25) is 0 Å². The van der Waals surface area contributed by atoms with Crippen molar-refractivity contribution < 1.29 is 18.8 Å². The molecule has 176 valence electrons. The minimum Gasteiger partial charge on any atom is -0.351 e. The highest BCUT2D eigenvalue weighted by atomic mass is 127. The predicted octanol–water partition coefficient (Wildman–Crippen LogP) is 3.85. The van der Waals surface area contributed by atoms with E-state index in [1.807, 2.05) is 36.4 Å². The molecule has 0 bridgehead atoms. The number of amides is 3. The first kappa shape index (κ1) is 23.9. The first-order valence-corrected chi connectivity index (χ1v) is 12.7. The zero-order chi connectivity index (χ0) is 23.9. The van der Waals surface area contributed by atoms with E-state index in [9.17, 15) is 18.8 Å². The van der Waals surface area contributed by atoms with E-state index in [-0.39, 0.29) is 28.8 Å². The van der Waals surface area contributed by atoms with Crippen LogP contribution in [0.15, 0.2) is 18.2 Å². The number of hydrogen-bond donors (Lipinski definition) is 2. The summed E-state index contributed by atoms with van der Waals surface area (Å²) in [4.78, 5) is 42.2. The predicted molar refractivity (Wildman–Crippen MR) is 135 cm³/mol. The number of thiophene rings is 1. The van der Waals surface area contributed by atoms with Crippen LogP contribution in [0, 0.1) is 14.8 Å². The second-order valence-corrected chi connectivity index (χ2v) is 11.5. The minimum atomic E-state index is -0.427. The molecule has 33 heavy (non-hydrogen) atoms. The number of carbonyl (C=O) groups is 3. The Morgan fingerprint density at radius 2 is 1.85 bits per heavy atom. The lowest BCUT2D eigenvalue weighted by Gasteiger charge is -2.34. The molecule has 4 rings (SSSR count). The molecule has 0 saturated carbocycles. The zero-order valence-electron chi connectivity index (χ0n) is 18.8. The van der Waals surface area contributed by atoms with Gasteiger partial charge in [-0.1, -0.05) is 13.8 Å². The smallest absolute Gasteiger partial charge is 0.261 e. The van der Waals surface area contributed by atoms with E-state index >= 15 is 0 Å². The summed E-state index contributed by atoms with van der Waals surface area (Å²) in [7, 11) is 0. The Hall–Kier alpha value is -2.21. The van der Waals surface area contributed by atoms with Gasteiger partial charge < -0.3 is 20.4 Å². The van der Waals surface area contributed by atoms with Gasteiger partial charge in [-0.3, -0.25) is 14.4 Å². The van der Waals surface area contributed by atoms with Crippen molar-refractivity contribution in [2.45, 2.75) is 27.2 Å². The summed E-state index contributed by atoms with van der Waals surface area (Å²) in [5.74, 6) is -0.855. The molecule has 0 unspecified atom stereocenters. The lowest BCUT2D eigenvalue weighted by molar-refractivity contribution is -0.130. The third-order valence-electron chi connectivity index (χ3n) is 6.00. The summed E-state index contributed by atoms with van der Waals surface area (Å²) in [6.07, 6.45) is 0.545. The fourth-order valence-corrected chi connectivity index (χ4v) is 5.76. The third kappa shape index (κ3) is 5.01. The van der Waals surface area contributed by atoms with Gasteiger partial charge in [0.15, 0.2) is 0 Å². The molecule has 0 radical (unpaired) electrons. The number of halogens is 2. The summed E-state index contributed by atoms with van der Waals surface area (Å²) in [5.41, 5.74) is 1.14. The monoisotopic (exact) mass is 584 g/mol. The SMILES string of the molecule is CC(=O)N1CCN(C(=O)c2c(Nc3ccc(I)cc3F)sc3c2CC(C)(C)CNC3=O)CC1. The molecule has 7 nitrogen and oxygen atoms in total. The van der Waals surface area contributed by atoms with Crippen LogP contribution >= 0.6 is 33.9 Å². The van der Waals surface area contributed by atoms with Crippen molar-refractivity contribution in [3.8, 4) is 0 Å². The van der Waals surface area contributed by atoms with Crippen molar-refractivity contribution in [3.63, 3.8) is 0 Å². The van der Waals surface area contributed by atoms with Gasteiger partial charge in [-0.05, 0) is 58.2 Å². The molecule has 2 N–H and O–H groups in total. The van der Waals surface area contributed by atoms with Gasteiger partial charge in [0, 0.05) is 43.2 Å². The maximum Gasteiger partial charge on any atom is 0.261 e.